The quantitative estimate of drug-likeness (QED) is 0.428. The summed E-state index contributed by atoms with van der Waals surface area (Å²) in [7, 11) is 0. The zero-order valence-electron chi connectivity index (χ0n) is 13.9. The summed E-state index contributed by atoms with van der Waals surface area (Å²) >= 11 is 5.08. The van der Waals surface area contributed by atoms with E-state index in [4.69, 9.17) is 17.3 Å². The average Bonchev–Trinajstić information content (AvgIpc) is 2.56. The molecule has 0 spiro atoms. The van der Waals surface area contributed by atoms with Gasteiger partial charge in [-0.25, -0.2) is 4.79 Å². The fourth-order valence-electron chi connectivity index (χ4n) is 2.39. The minimum atomic E-state index is -1.08. The molecule has 0 aliphatic heterocycles. The Morgan fingerprint density at radius 1 is 1.08 bits per heavy atom. The number of nitro groups is 1. The van der Waals surface area contributed by atoms with Crippen LogP contribution >= 0.6 is 12.2 Å². The maximum absolute atomic E-state index is 12.3. The molecule has 8 nitrogen and oxygen atoms in total. The first-order chi connectivity index (χ1) is 12.2. The van der Waals surface area contributed by atoms with Gasteiger partial charge >= 0.3 is 5.97 Å². The Labute approximate surface area is 154 Å². The highest BCUT2D eigenvalue weighted by molar-refractivity contribution is 7.80. The van der Waals surface area contributed by atoms with Crippen LogP contribution in [0.3, 0.4) is 0 Å². The van der Waals surface area contributed by atoms with Gasteiger partial charge in [-0.15, -0.1) is 0 Å². The molecule has 0 radical (unpaired) electrons. The molecule has 0 unspecified atom stereocenters. The highest BCUT2D eigenvalue weighted by Gasteiger charge is 2.19. The van der Waals surface area contributed by atoms with E-state index in [1.54, 1.807) is 19.1 Å². The van der Waals surface area contributed by atoms with E-state index >= 15 is 0 Å². The maximum atomic E-state index is 12.3. The minimum Gasteiger partial charge on any atom is -0.478 e. The summed E-state index contributed by atoms with van der Waals surface area (Å²) in [5.41, 5.74) is 1.19. The topological polar surface area (TPSA) is 122 Å². The number of benzene rings is 2. The van der Waals surface area contributed by atoms with Crippen LogP contribution in [0.5, 0.6) is 0 Å². The first-order valence-electron chi connectivity index (χ1n) is 7.41. The van der Waals surface area contributed by atoms with E-state index in [1.165, 1.54) is 31.2 Å². The number of amides is 1. The third-order valence-electron chi connectivity index (χ3n) is 3.79. The number of carboxylic acid groups (broad SMARTS) is 1. The van der Waals surface area contributed by atoms with E-state index in [9.17, 15) is 19.7 Å². The lowest BCUT2D eigenvalue weighted by Gasteiger charge is -2.13. The Bertz CT molecular complexity index is 927. The van der Waals surface area contributed by atoms with E-state index in [-0.39, 0.29) is 27.5 Å². The van der Waals surface area contributed by atoms with Crippen molar-refractivity contribution in [3.05, 3.63) is 68.8 Å². The molecular formula is C17H15N3O5S. The van der Waals surface area contributed by atoms with Crippen LogP contribution in [0.1, 0.15) is 31.8 Å². The Kier molecular flexibility index (Phi) is 5.63. The molecule has 1 amide bonds. The van der Waals surface area contributed by atoms with Gasteiger partial charge in [-0.2, -0.15) is 0 Å². The van der Waals surface area contributed by atoms with Crippen LogP contribution in [0, 0.1) is 24.0 Å². The fraction of sp³-hybridized carbons (Fsp3) is 0.118. The van der Waals surface area contributed by atoms with Crippen molar-refractivity contribution in [3.8, 4) is 0 Å². The van der Waals surface area contributed by atoms with Crippen LogP contribution in [0.2, 0.25) is 0 Å². The number of carbonyl (C=O) groups is 2. The van der Waals surface area contributed by atoms with Gasteiger partial charge in [0, 0.05) is 22.9 Å². The molecule has 26 heavy (non-hydrogen) atoms. The summed E-state index contributed by atoms with van der Waals surface area (Å²) < 4.78 is 0. The number of thiocarbonyl (C=S) groups is 1. The van der Waals surface area contributed by atoms with Gasteiger partial charge in [0.15, 0.2) is 5.11 Å². The molecule has 0 aliphatic carbocycles. The van der Waals surface area contributed by atoms with Crippen LogP contribution in [-0.4, -0.2) is 27.0 Å². The van der Waals surface area contributed by atoms with Crippen molar-refractivity contribution in [3.63, 3.8) is 0 Å². The molecule has 0 fully saturated rings. The van der Waals surface area contributed by atoms with Crippen molar-refractivity contribution in [2.75, 3.05) is 5.32 Å². The molecule has 0 bridgehead atoms. The van der Waals surface area contributed by atoms with Crippen LogP contribution in [0.15, 0.2) is 36.4 Å². The normalized spacial score (nSPS) is 10.1. The predicted octanol–water partition coefficient (Wildman–Crippen LogP) is 3.04. The van der Waals surface area contributed by atoms with E-state index in [0.29, 0.717) is 11.3 Å². The van der Waals surface area contributed by atoms with Crippen molar-refractivity contribution < 1.29 is 19.6 Å². The summed E-state index contributed by atoms with van der Waals surface area (Å²) in [6, 6.07) is 8.81. The third-order valence-corrected chi connectivity index (χ3v) is 3.99. The van der Waals surface area contributed by atoms with Crippen molar-refractivity contribution >= 4 is 40.6 Å². The van der Waals surface area contributed by atoms with Gasteiger partial charge in [0.25, 0.3) is 11.6 Å². The van der Waals surface area contributed by atoms with E-state index in [2.05, 4.69) is 10.6 Å². The molecule has 2 aromatic rings. The Hall–Kier alpha value is -3.33. The molecule has 3 N–H and O–H groups in total. The highest BCUT2D eigenvalue weighted by atomic mass is 32.1. The molecule has 134 valence electrons. The van der Waals surface area contributed by atoms with E-state index in [0.717, 1.165) is 0 Å². The number of carboxylic acids is 1. The van der Waals surface area contributed by atoms with Gasteiger partial charge in [0.2, 0.25) is 0 Å². The highest BCUT2D eigenvalue weighted by Crippen LogP contribution is 2.21. The standard InChI is InChI=1S/C17H15N3O5S/c1-9-12(16(22)23)6-3-7-13(9)18-17(26)19-15(21)11-5-4-8-14(10(11)2)20(24)25/h3-8H,1-2H3,(H,22,23)(H2,18,19,21,26). The number of aromatic carboxylic acids is 1. The van der Waals surface area contributed by atoms with Crippen LogP contribution in [0.25, 0.3) is 0 Å². The lowest BCUT2D eigenvalue weighted by Crippen LogP contribution is -2.34. The number of nitro benzene ring substituents is 1. The Balaban J connectivity index is 2.18. The van der Waals surface area contributed by atoms with Gasteiger partial charge in [0.1, 0.15) is 0 Å². The van der Waals surface area contributed by atoms with Crippen molar-refractivity contribution in [1.29, 1.82) is 0 Å². The molecular weight excluding hydrogens is 358 g/mol. The summed E-state index contributed by atoms with van der Waals surface area (Å²) in [5.74, 6) is -1.68. The second-order valence-electron chi connectivity index (χ2n) is 5.40. The Morgan fingerprint density at radius 2 is 1.69 bits per heavy atom. The molecule has 2 rings (SSSR count). The van der Waals surface area contributed by atoms with E-state index in [1.807, 2.05) is 0 Å². The second-order valence-corrected chi connectivity index (χ2v) is 5.81. The number of rotatable bonds is 4. The summed E-state index contributed by atoms with van der Waals surface area (Å²) in [6.07, 6.45) is 0. The van der Waals surface area contributed by atoms with Crippen LogP contribution < -0.4 is 10.6 Å². The minimum absolute atomic E-state index is 0.0495. The van der Waals surface area contributed by atoms with Gasteiger partial charge in [-0.05, 0) is 49.8 Å². The number of hydrogen-bond acceptors (Lipinski definition) is 5. The number of hydrogen-bond donors (Lipinski definition) is 3. The average molecular weight is 373 g/mol. The first-order valence-corrected chi connectivity index (χ1v) is 7.82. The molecule has 0 saturated carbocycles. The first kappa shape index (κ1) is 19.0. The van der Waals surface area contributed by atoms with Gasteiger partial charge in [-0.1, -0.05) is 12.1 Å². The van der Waals surface area contributed by atoms with E-state index < -0.39 is 16.8 Å². The molecule has 0 heterocycles. The number of anilines is 1. The zero-order valence-corrected chi connectivity index (χ0v) is 14.7. The third kappa shape index (κ3) is 4.01. The second kappa shape index (κ2) is 7.70. The lowest BCUT2D eigenvalue weighted by atomic mass is 10.1. The molecule has 0 aliphatic rings. The Morgan fingerprint density at radius 3 is 2.31 bits per heavy atom. The molecule has 9 heteroatoms. The molecule has 0 atom stereocenters. The lowest BCUT2D eigenvalue weighted by molar-refractivity contribution is -0.385. The number of nitrogens with zero attached hydrogens (tertiary/aromatic N) is 1. The van der Waals surface area contributed by atoms with Gasteiger partial charge in [-0.3, -0.25) is 20.2 Å². The monoisotopic (exact) mass is 373 g/mol. The van der Waals surface area contributed by atoms with Crippen LogP contribution in [-0.2, 0) is 0 Å². The maximum Gasteiger partial charge on any atom is 0.336 e. The SMILES string of the molecule is Cc1c(NC(=S)NC(=O)c2cccc([N+](=O)[O-])c2C)cccc1C(=O)O. The van der Waals surface area contributed by atoms with Gasteiger partial charge < -0.3 is 10.4 Å². The molecule has 0 aromatic heterocycles. The fourth-order valence-corrected chi connectivity index (χ4v) is 2.60. The smallest absolute Gasteiger partial charge is 0.336 e. The largest absolute Gasteiger partial charge is 0.478 e. The van der Waals surface area contributed by atoms with Crippen molar-refractivity contribution in [2.45, 2.75) is 13.8 Å². The number of carbonyl (C=O) groups excluding carboxylic acids is 1. The summed E-state index contributed by atoms with van der Waals surface area (Å²) in [5, 5.41) is 25.3. The zero-order chi connectivity index (χ0) is 19.4. The van der Waals surface area contributed by atoms with Crippen molar-refractivity contribution in [1.82, 2.24) is 5.32 Å². The summed E-state index contributed by atoms with van der Waals surface area (Å²) in [4.78, 5) is 33.9. The molecule has 2 aromatic carbocycles. The number of nitrogens with one attached hydrogen (secondary N) is 2. The molecule has 0 saturated heterocycles. The summed E-state index contributed by atoms with van der Waals surface area (Å²) in [6.45, 7) is 3.09. The predicted molar refractivity (Wildman–Crippen MR) is 99.7 cm³/mol. The van der Waals surface area contributed by atoms with Crippen molar-refractivity contribution in [2.24, 2.45) is 0 Å². The van der Waals surface area contributed by atoms with Crippen LogP contribution in [0.4, 0.5) is 11.4 Å². The van der Waals surface area contributed by atoms with Gasteiger partial charge in [0.05, 0.1) is 10.5 Å².